The average molecular weight is 151 g/mol. The summed E-state index contributed by atoms with van der Waals surface area (Å²) >= 11 is 5.35. The van der Waals surface area contributed by atoms with Crippen LogP contribution in [0.3, 0.4) is 0 Å². The lowest BCUT2D eigenvalue weighted by Gasteiger charge is -1.98. The van der Waals surface area contributed by atoms with E-state index >= 15 is 0 Å². The van der Waals surface area contributed by atoms with Crippen LogP contribution >= 0.6 is 11.6 Å². The van der Waals surface area contributed by atoms with Gasteiger partial charge in [-0.15, -0.1) is 11.6 Å². The lowest BCUT2D eigenvalue weighted by molar-refractivity contribution is -0.119. The largest absolute Gasteiger partial charge is 0.355 e. The summed E-state index contributed by atoms with van der Waals surface area (Å²) in [6.07, 6.45) is 0.799. The van der Waals surface area contributed by atoms with E-state index in [1.54, 1.807) is 0 Å². The predicted molar refractivity (Wildman–Crippen MR) is 37.4 cm³/mol. The van der Waals surface area contributed by atoms with E-state index in [9.17, 15) is 4.79 Å². The fourth-order valence-electron chi connectivity index (χ4n) is 0.367. The molecular weight excluding hydrogens is 140 g/mol. The third-order valence-electron chi connectivity index (χ3n) is 0.818. The molecule has 3 N–H and O–H groups in total. The van der Waals surface area contributed by atoms with E-state index < -0.39 is 0 Å². The first kappa shape index (κ1) is 8.72. The summed E-state index contributed by atoms with van der Waals surface area (Å²) in [6.45, 7) is 0.682. The van der Waals surface area contributed by atoms with Crippen LogP contribution in [0.4, 0.5) is 0 Å². The highest BCUT2D eigenvalue weighted by Crippen LogP contribution is 1.79. The Balaban J connectivity index is 2.97. The number of nitrogens with two attached hydrogens (primary N) is 1. The zero-order valence-corrected chi connectivity index (χ0v) is 5.95. The third-order valence-corrected chi connectivity index (χ3v) is 1.09. The third kappa shape index (κ3) is 5.59. The molecule has 0 radical (unpaired) electrons. The fourth-order valence-corrected chi connectivity index (χ4v) is 0.500. The van der Waals surface area contributed by atoms with Crippen molar-refractivity contribution in [1.82, 2.24) is 5.32 Å². The summed E-state index contributed by atoms with van der Waals surface area (Å²) in [5.74, 6) is 0.449. The molecule has 0 heterocycles. The van der Waals surface area contributed by atoms with Crippen molar-refractivity contribution < 1.29 is 4.79 Å². The summed E-state index contributed by atoms with van der Waals surface area (Å²) in [5.41, 5.74) is 5.01. The molecule has 0 unspecified atom stereocenters. The first-order chi connectivity index (χ1) is 4.31. The summed E-state index contributed by atoms with van der Waals surface area (Å²) in [5, 5.41) is 2.58. The SMILES string of the molecule is NCC(=O)NCCCCl. The van der Waals surface area contributed by atoms with Crippen molar-refractivity contribution in [2.45, 2.75) is 6.42 Å². The van der Waals surface area contributed by atoms with Gasteiger partial charge in [0.1, 0.15) is 0 Å². The van der Waals surface area contributed by atoms with Crippen molar-refractivity contribution in [3.8, 4) is 0 Å². The van der Waals surface area contributed by atoms with Crippen LogP contribution in [0.2, 0.25) is 0 Å². The molecule has 0 saturated carbocycles. The second kappa shape index (κ2) is 5.85. The molecule has 0 aliphatic carbocycles. The predicted octanol–water partition coefficient (Wildman–Crippen LogP) is -0.310. The van der Waals surface area contributed by atoms with E-state index in [2.05, 4.69) is 5.32 Å². The molecule has 0 saturated heterocycles. The van der Waals surface area contributed by atoms with Crippen LogP contribution in [-0.2, 0) is 4.79 Å². The molecule has 0 aliphatic rings. The molecule has 1 amide bonds. The summed E-state index contributed by atoms with van der Waals surface area (Å²) < 4.78 is 0. The first-order valence-electron chi connectivity index (χ1n) is 2.84. The van der Waals surface area contributed by atoms with Crippen LogP contribution in [0.15, 0.2) is 0 Å². The summed E-state index contributed by atoms with van der Waals surface area (Å²) in [7, 11) is 0. The van der Waals surface area contributed by atoms with Gasteiger partial charge in [0.2, 0.25) is 5.91 Å². The summed E-state index contributed by atoms with van der Waals surface area (Å²) in [6, 6.07) is 0. The van der Waals surface area contributed by atoms with Crippen LogP contribution in [0, 0.1) is 0 Å². The van der Waals surface area contributed by atoms with Gasteiger partial charge in [0.05, 0.1) is 6.54 Å². The van der Waals surface area contributed by atoms with E-state index in [1.165, 1.54) is 0 Å². The zero-order valence-electron chi connectivity index (χ0n) is 5.19. The van der Waals surface area contributed by atoms with E-state index in [4.69, 9.17) is 17.3 Å². The maximum absolute atomic E-state index is 10.4. The van der Waals surface area contributed by atoms with Crippen LogP contribution in [-0.4, -0.2) is 24.9 Å². The Bertz CT molecular complexity index is 87.0. The molecule has 0 spiro atoms. The van der Waals surface area contributed by atoms with Gasteiger partial charge in [-0.3, -0.25) is 4.79 Å². The molecule has 0 aliphatic heterocycles. The topological polar surface area (TPSA) is 55.1 Å². The zero-order chi connectivity index (χ0) is 7.11. The van der Waals surface area contributed by atoms with Gasteiger partial charge in [-0.05, 0) is 6.42 Å². The minimum absolute atomic E-state index is 0.0578. The number of halogens is 1. The first-order valence-corrected chi connectivity index (χ1v) is 3.37. The Morgan fingerprint density at radius 2 is 2.33 bits per heavy atom. The molecule has 0 aromatic heterocycles. The Labute approximate surface area is 59.6 Å². The van der Waals surface area contributed by atoms with Gasteiger partial charge in [0.15, 0.2) is 0 Å². The van der Waals surface area contributed by atoms with Crippen molar-refractivity contribution in [1.29, 1.82) is 0 Å². The van der Waals surface area contributed by atoms with E-state index in [1.807, 2.05) is 0 Å². The minimum atomic E-state index is -0.125. The molecular formula is C5H11ClN2O. The Morgan fingerprint density at radius 1 is 1.67 bits per heavy atom. The molecule has 0 aromatic carbocycles. The molecule has 4 heteroatoms. The molecule has 0 aromatic rings. The van der Waals surface area contributed by atoms with Gasteiger partial charge in [0.25, 0.3) is 0 Å². The monoisotopic (exact) mass is 150 g/mol. The van der Waals surface area contributed by atoms with Gasteiger partial charge >= 0.3 is 0 Å². The normalized spacial score (nSPS) is 9.11. The number of amides is 1. The minimum Gasteiger partial charge on any atom is -0.355 e. The number of carbonyl (C=O) groups excluding carboxylic acids is 1. The van der Waals surface area contributed by atoms with E-state index in [0.29, 0.717) is 12.4 Å². The molecule has 3 nitrogen and oxygen atoms in total. The maximum Gasteiger partial charge on any atom is 0.233 e. The molecule has 0 bridgehead atoms. The van der Waals surface area contributed by atoms with Crippen molar-refractivity contribution in [3.05, 3.63) is 0 Å². The molecule has 0 rings (SSSR count). The highest BCUT2D eigenvalue weighted by atomic mass is 35.5. The highest BCUT2D eigenvalue weighted by Gasteiger charge is 1.92. The molecule has 0 fully saturated rings. The van der Waals surface area contributed by atoms with Crippen LogP contribution < -0.4 is 11.1 Å². The number of rotatable bonds is 4. The quantitative estimate of drug-likeness (QED) is 0.427. The number of hydrogen-bond acceptors (Lipinski definition) is 2. The maximum atomic E-state index is 10.4. The Hall–Kier alpha value is -0.280. The van der Waals surface area contributed by atoms with Gasteiger partial charge in [-0.2, -0.15) is 0 Å². The van der Waals surface area contributed by atoms with Crippen LogP contribution in [0.5, 0.6) is 0 Å². The van der Waals surface area contributed by atoms with Crippen molar-refractivity contribution in [2.75, 3.05) is 19.0 Å². The van der Waals surface area contributed by atoms with Gasteiger partial charge < -0.3 is 11.1 Å². The van der Waals surface area contributed by atoms with Crippen molar-refractivity contribution in [3.63, 3.8) is 0 Å². The lowest BCUT2D eigenvalue weighted by Crippen LogP contribution is -2.31. The lowest BCUT2D eigenvalue weighted by atomic mass is 10.4. The molecule has 9 heavy (non-hydrogen) atoms. The smallest absolute Gasteiger partial charge is 0.233 e. The second-order valence-electron chi connectivity index (χ2n) is 1.60. The average Bonchev–Trinajstić information content (AvgIpc) is 1.89. The molecule has 54 valence electrons. The highest BCUT2D eigenvalue weighted by molar-refractivity contribution is 6.17. The summed E-state index contributed by atoms with van der Waals surface area (Å²) in [4.78, 5) is 10.4. The van der Waals surface area contributed by atoms with Gasteiger partial charge in [0, 0.05) is 12.4 Å². The van der Waals surface area contributed by atoms with E-state index in [-0.39, 0.29) is 12.5 Å². The second-order valence-corrected chi connectivity index (χ2v) is 1.97. The van der Waals surface area contributed by atoms with Crippen LogP contribution in [0.1, 0.15) is 6.42 Å². The van der Waals surface area contributed by atoms with Gasteiger partial charge in [-0.25, -0.2) is 0 Å². The molecule has 0 atom stereocenters. The number of carbonyl (C=O) groups is 1. The standard InChI is InChI=1S/C5H11ClN2O/c6-2-1-3-8-5(9)4-7/h1-4,7H2,(H,8,9). The van der Waals surface area contributed by atoms with Crippen molar-refractivity contribution >= 4 is 17.5 Å². The van der Waals surface area contributed by atoms with E-state index in [0.717, 1.165) is 6.42 Å². The Morgan fingerprint density at radius 3 is 2.78 bits per heavy atom. The fraction of sp³-hybridized carbons (Fsp3) is 0.800. The Kier molecular flexibility index (Phi) is 5.67. The number of nitrogens with one attached hydrogen (secondary N) is 1. The van der Waals surface area contributed by atoms with Crippen LogP contribution in [0.25, 0.3) is 0 Å². The number of alkyl halides is 1. The van der Waals surface area contributed by atoms with Crippen molar-refractivity contribution in [2.24, 2.45) is 5.73 Å². The number of hydrogen-bond donors (Lipinski definition) is 2. The van der Waals surface area contributed by atoms with Gasteiger partial charge in [-0.1, -0.05) is 0 Å².